The van der Waals surface area contributed by atoms with E-state index in [4.69, 9.17) is 18.7 Å². The maximum absolute atomic E-state index is 6.15. The van der Waals surface area contributed by atoms with E-state index in [9.17, 15) is 0 Å². The first-order valence-electron chi connectivity index (χ1n) is 10.4. The standard InChI is InChI=1S/C24H28N2O4S/c1-17-12-21(30-25-17)16-29-23-6-4-18(13-19(23)15-26-8-10-31-11-9-26)22-14-20(27-2)5-7-24(22)28-3/h4-7,12-14H,8-11,15-16H2,1-3H3. The molecule has 1 fully saturated rings. The molecule has 6 nitrogen and oxygen atoms in total. The summed E-state index contributed by atoms with van der Waals surface area (Å²) < 4.78 is 22.5. The Bertz CT molecular complexity index is 1010. The summed E-state index contributed by atoms with van der Waals surface area (Å²) in [6.45, 7) is 5.26. The zero-order valence-electron chi connectivity index (χ0n) is 18.2. The molecule has 7 heteroatoms. The van der Waals surface area contributed by atoms with Crippen molar-refractivity contribution in [1.82, 2.24) is 10.1 Å². The minimum Gasteiger partial charge on any atom is -0.497 e. The van der Waals surface area contributed by atoms with Gasteiger partial charge in [0.1, 0.15) is 23.9 Å². The van der Waals surface area contributed by atoms with Crippen molar-refractivity contribution < 1.29 is 18.7 Å². The van der Waals surface area contributed by atoms with E-state index in [-0.39, 0.29) is 0 Å². The van der Waals surface area contributed by atoms with Crippen LogP contribution in [-0.2, 0) is 13.2 Å². The van der Waals surface area contributed by atoms with Gasteiger partial charge in [0.2, 0.25) is 0 Å². The van der Waals surface area contributed by atoms with Crippen LogP contribution in [0.3, 0.4) is 0 Å². The highest BCUT2D eigenvalue weighted by Gasteiger charge is 2.17. The molecule has 0 spiro atoms. The van der Waals surface area contributed by atoms with Crippen LogP contribution >= 0.6 is 11.8 Å². The zero-order valence-corrected chi connectivity index (χ0v) is 19.0. The van der Waals surface area contributed by atoms with Gasteiger partial charge in [0, 0.05) is 48.3 Å². The van der Waals surface area contributed by atoms with Crippen LogP contribution in [0, 0.1) is 6.92 Å². The number of methoxy groups -OCH3 is 2. The SMILES string of the molecule is COc1ccc(OC)c(-c2ccc(OCc3cc(C)no3)c(CN3CCSCC3)c2)c1. The molecule has 1 aromatic heterocycles. The second kappa shape index (κ2) is 10.1. The van der Waals surface area contributed by atoms with Gasteiger partial charge in [0.25, 0.3) is 0 Å². The molecule has 1 saturated heterocycles. The van der Waals surface area contributed by atoms with Crippen molar-refractivity contribution in [3.63, 3.8) is 0 Å². The van der Waals surface area contributed by atoms with E-state index in [0.717, 1.165) is 76.5 Å². The Balaban J connectivity index is 1.65. The quantitative estimate of drug-likeness (QED) is 0.499. The lowest BCUT2D eigenvalue weighted by Gasteiger charge is -2.27. The molecule has 0 amide bonds. The number of hydrogen-bond donors (Lipinski definition) is 0. The van der Waals surface area contributed by atoms with Crippen LogP contribution in [0.5, 0.6) is 17.2 Å². The summed E-state index contributed by atoms with van der Waals surface area (Å²) in [5.41, 5.74) is 4.06. The Labute approximate surface area is 187 Å². The summed E-state index contributed by atoms with van der Waals surface area (Å²) in [7, 11) is 3.36. The molecule has 3 aromatic rings. The van der Waals surface area contributed by atoms with Crippen molar-refractivity contribution in [3.8, 4) is 28.4 Å². The number of rotatable bonds is 8. The molecule has 0 N–H and O–H groups in total. The first-order chi connectivity index (χ1) is 15.2. The molecule has 0 atom stereocenters. The highest BCUT2D eigenvalue weighted by molar-refractivity contribution is 7.99. The van der Waals surface area contributed by atoms with Gasteiger partial charge in [-0.1, -0.05) is 11.2 Å². The van der Waals surface area contributed by atoms with Crippen molar-refractivity contribution in [1.29, 1.82) is 0 Å². The molecule has 0 radical (unpaired) electrons. The molecular weight excluding hydrogens is 412 g/mol. The minimum absolute atomic E-state index is 0.353. The normalized spacial score (nSPS) is 14.4. The molecule has 0 unspecified atom stereocenters. The molecule has 164 valence electrons. The van der Waals surface area contributed by atoms with Gasteiger partial charge < -0.3 is 18.7 Å². The van der Waals surface area contributed by atoms with E-state index in [2.05, 4.69) is 22.2 Å². The zero-order chi connectivity index (χ0) is 21.6. The van der Waals surface area contributed by atoms with Crippen LogP contribution in [0.4, 0.5) is 0 Å². The Hall–Kier alpha value is -2.64. The number of benzene rings is 2. The average molecular weight is 441 g/mol. The van der Waals surface area contributed by atoms with Crippen molar-refractivity contribution in [3.05, 3.63) is 59.5 Å². The second-order valence-electron chi connectivity index (χ2n) is 7.50. The fourth-order valence-electron chi connectivity index (χ4n) is 3.68. The number of aryl methyl sites for hydroxylation is 1. The van der Waals surface area contributed by atoms with Crippen molar-refractivity contribution >= 4 is 11.8 Å². The third kappa shape index (κ3) is 5.35. The average Bonchev–Trinajstić information content (AvgIpc) is 3.23. The molecule has 1 aliphatic heterocycles. The van der Waals surface area contributed by atoms with Crippen molar-refractivity contribution in [2.75, 3.05) is 38.8 Å². The molecular formula is C24H28N2O4S. The van der Waals surface area contributed by atoms with Crippen LogP contribution in [0.15, 0.2) is 47.0 Å². The van der Waals surface area contributed by atoms with E-state index in [1.807, 2.05) is 49.0 Å². The van der Waals surface area contributed by atoms with Crippen LogP contribution in [0.1, 0.15) is 17.0 Å². The van der Waals surface area contributed by atoms with Gasteiger partial charge in [-0.25, -0.2) is 0 Å². The van der Waals surface area contributed by atoms with Crippen LogP contribution < -0.4 is 14.2 Å². The summed E-state index contributed by atoms with van der Waals surface area (Å²) >= 11 is 2.01. The lowest BCUT2D eigenvalue weighted by Crippen LogP contribution is -2.32. The fourth-order valence-corrected chi connectivity index (χ4v) is 4.66. The highest BCUT2D eigenvalue weighted by Crippen LogP contribution is 2.36. The summed E-state index contributed by atoms with van der Waals surface area (Å²) in [6, 6.07) is 14.0. The van der Waals surface area contributed by atoms with Gasteiger partial charge in [-0.05, 0) is 42.8 Å². The van der Waals surface area contributed by atoms with E-state index in [1.54, 1.807) is 14.2 Å². The number of thioether (sulfide) groups is 1. The molecule has 2 aromatic carbocycles. The van der Waals surface area contributed by atoms with E-state index >= 15 is 0 Å². The van der Waals surface area contributed by atoms with Gasteiger partial charge in [-0.3, -0.25) is 4.90 Å². The Morgan fingerprint density at radius 1 is 1.00 bits per heavy atom. The molecule has 0 bridgehead atoms. The lowest BCUT2D eigenvalue weighted by atomic mass is 10.0. The molecule has 0 aliphatic carbocycles. The van der Waals surface area contributed by atoms with Crippen molar-refractivity contribution in [2.24, 2.45) is 0 Å². The van der Waals surface area contributed by atoms with Crippen LogP contribution in [-0.4, -0.2) is 48.9 Å². The predicted molar refractivity (Wildman–Crippen MR) is 123 cm³/mol. The molecule has 4 rings (SSSR count). The Kier molecular flexibility index (Phi) is 7.04. The third-order valence-corrected chi connectivity index (χ3v) is 6.26. The summed E-state index contributed by atoms with van der Waals surface area (Å²) in [5.74, 6) is 5.51. The lowest BCUT2D eigenvalue weighted by molar-refractivity contribution is 0.239. The Morgan fingerprint density at radius 2 is 1.81 bits per heavy atom. The maximum Gasteiger partial charge on any atom is 0.174 e. The number of nitrogens with zero attached hydrogens (tertiary/aromatic N) is 2. The summed E-state index contributed by atoms with van der Waals surface area (Å²) in [4.78, 5) is 2.48. The summed E-state index contributed by atoms with van der Waals surface area (Å²) in [5, 5.41) is 3.94. The topological polar surface area (TPSA) is 57.0 Å². The molecule has 31 heavy (non-hydrogen) atoms. The maximum atomic E-state index is 6.15. The van der Waals surface area contributed by atoms with E-state index in [0.29, 0.717) is 6.61 Å². The minimum atomic E-state index is 0.353. The van der Waals surface area contributed by atoms with Crippen LogP contribution in [0.25, 0.3) is 11.1 Å². The fraction of sp³-hybridized carbons (Fsp3) is 0.375. The number of hydrogen-bond acceptors (Lipinski definition) is 7. The highest BCUT2D eigenvalue weighted by atomic mass is 32.2. The van der Waals surface area contributed by atoms with Gasteiger partial charge >= 0.3 is 0 Å². The summed E-state index contributed by atoms with van der Waals surface area (Å²) in [6.07, 6.45) is 0. The molecule has 2 heterocycles. The third-order valence-electron chi connectivity index (χ3n) is 5.32. The monoisotopic (exact) mass is 440 g/mol. The first kappa shape index (κ1) is 21.6. The first-order valence-corrected chi connectivity index (χ1v) is 11.5. The van der Waals surface area contributed by atoms with Crippen molar-refractivity contribution in [2.45, 2.75) is 20.1 Å². The predicted octanol–water partition coefficient (Wildman–Crippen LogP) is 4.80. The van der Waals surface area contributed by atoms with Gasteiger partial charge in [0.05, 0.1) is 19.9 Å². The molecule has 0 saturated carbocycles. The van der Waals surface area contributed by atoms with E-state index in [1.165, 1.54) is 0 Å². The van der Waals surface area contributed by atoms with Gasteiger partial charge in [-0.15, -0.1) is 0 Å². The largest absolute Gasteiger partial charge is 0.497 e. The Morgan fingerprint density at radius 3 is 2.52 bits per heavy atom. The number of ether oxygens (including phenoxy) is 3. The smallest absolute Gasteiger partial charge is 0.174 e. The van der Waals surface area contributed by atoms with E-state index < -0.39 is 0 Å². The van der Waals surface area contributed by atoms with Gasteiger partial charge in [-0.2, -0.15) is 11.8 Å². The second-order valence-corrected chi connectivity index (χ2v) is 8.73. The number of aromatic nitrogens is 1. The van der Waals surface area contributed by atoms with Crippen LogP contribution in [0.2, 0.25) is 0 Å². The molecule has 1 aliphatic rings. The van der Waals surface area contributed by atoms with Gasteiger partial charge in [0.15, 0.2) is 5.76 Å².